The highest BCUT2D eigenvalue weighted by atomic mass is 16.5. The van der Waals surface area contributed by atoms with Crippen molar-refractivity contribution in [3.8, 4) is 0 Å². The van der Waals surface area contributed by atoms with Gasteiger partial charge in [0.15, 0.2) is 0 Å². The van der Waals surface area contributed by atoms with Crippen molar-refractivity contribution >= 4 is 5.97 Å². The highest BCUT2D eigenvalue weighted by Crippen LogP contribution is 2.26. The maximum atomic E-state index is 11.5. The van der Waals surface area contributed by atoms with E-state index in [2.05, 4.69) is 13.8 Å². The standard InChI is InChI=1S/C13H24O2/c1-3-4-5-10-13(14)15-12-9-7-6-8-11(12)2/h11-12H,3-10H2,1-2H3/t11-,12+/m1/s1. The summed E-state index contributed by atoms with van der Waals surface area (Å²) < 4.78 is 5.51. The summed E-state index contributed by atoms with van der Waals surface area (Å²) in [4.78, 5) is 11.5. The molecule has 0 radical (unpaired) electrons. The molecular formula is C13H24O2. The predicted octanol–water partition coefficient (Wildman–Crippen LogP) is 3.69. The maximum absolute atomic E-state index is 11.5. The van der Waals surface area contributed by atoms with E-state index >= 15 is 0 Å². The molecule has 15 heavy (non-hydrogen) atoms. The van der Waals surface area contributed by atoms with Gasteiger partial charge >= 0.3 is 5.97 Å². The second-order valence-corrected chi connectivity index (χ2v) is 4.75. The largest absolute Gasteiger partial charge is 0.462 e. The van der Waals surface area contributed by atoms with Gasteiger partial charge in [-0.1, -0.05) is 33.1 Å². The quantitative estimate of drug-likeness (QED) is 0.513. The van der Waals surface area contributed by atoms with Crippen molar-refractivity contribution in [1.82, 2.24) is 0 Å². The molecular weight excluding hydrogens is 188 g/mol. The second-order valence-electron chi connectivity index (χ2n) is 4.75. The zero-order valence-electron chi connectivity index (χ0n) is 10.1. The molecule has 0 amide bonds. The molecule has 1 rings (SSSR count). The Balaban J connectivity index is 2.18. The third-order valence-electron chi connectivity index (χ3n) is 3.30. The first-order chi connectivity index (χ1) is 7.24. The first kappa shape index (κ1) is 12.5. The fraction of sp³-hybridized carbons (Fsp3) is 0.923. The Bertz CT molecular complexity index is 189. The summed E-state index contributed by atoms with van der Waals surface area (Å²) in [7, 11) is 0. The van der Waals surface area contributed by atoms with E-state index in [1.807, 2.05) is 0 Å². The summed E-state index contributed by atoms with van der Waals surface area (Å²) in [6.45, 7) is 4.34. The van der Waals surface area contributed by atoms with Crippen molar-refractivity contribution in [3.63, 3.8) is 0 Å². The summed E-state index contributed by atoms with van der Waals surface area (Å²) >= 11 is 0. The second kappa shape index (κ2) is 6.86. The van der Waals surface area contributed by atoms with Crippen LogP contribution in [0.1, 0.15) is 65.2 Å². The van der Waals surface area contributed by atoms with E-state index in [9.17, 15) is 4.79 Å². The third-order valence-corrected chi connectivity index (χ3v) is 3.30. The van der Waals surface area contributed by atoms with Crippen LogP contribution >= 0.6 is 0 Å². The molecule has 0 aromatic carbocycles. The van der Waals surface area contributed by atoms with Gasteiger partial charge in [0.1, 0.15) is 6.10 Å². The van der Waals surface area contributed by atoms with Crippen LogP contribution in [-0.2, 0) is 9.53 Å². The molecule has 0 N–H and O–H groups in total. The number of ether oxygens (including phenoxy) is 1. The van der Waals surface area contributed by atoms with Crippen LogP contribution in [0.25, 0.3) is 0 Å². The van der Waals surface area contributed by atoms with Crippen LogP contribution in [0.4, 0.5) is 0 Å². The van der Waals surface area contributed by atoms with Crippen molar-refractivity contribution in [3.05, 3.63) is 0 Å². The summed E-state index contributed by atoms with van der Waals surface area (Å²) in [5.41, 5.74) is 0. The predicted molar refractivity (Wildman–Crippen MR) is 61.7 cm³/mol. The number of unbranched alkanes of at least 4 members (excludes halogenated alkanes) is 2. The van der Waals surface area contributed by atoms with Crippen LogP contribution < -0.4 is 0 Å². The smallest absolute Gasteiger partial charge is 0.306 e. The van der Waals surface area contributed by atoms with Crippen LogP contribution in [0.2, 0.25) is 0 Å². The Morgan fingerprint density at radius 3 is 2.67 bits per heavy atom. The maximum Gasteiger partial charge on any atom is 0.306 e. The monoisotopic (exact) mass is 212 g/mol. The molecule has 88 valence electrons. The summed E-state index contributed by atoms with van der Waals surface area (Å²) in [5, 5.41) is 0. The summed E-state index contributed by atoms with van der Waals surface area (Å²) in [5.74, 6) is 0.580. The van der Waals surface area contributed by atoms with Gasteiger partial charge in [0.25, 0.3) is 0 Å². The van der Waals surface area contributed by atoms with Crippen molar-refractivity contribution < 1.29 is 9.53 Å². The Morgan fingerprint density at radius 2 is 2.00 bits per heavy atom. The lowest BCUT2D eigenvalue weighted by Gasteiger charge is -2.28. The molecule has 1 aliphatic rings. The van der Waals surface area contributed by atoms with Gasteiger partial charge < -0.3 is 4.74 Å². The zero-order valence-corrected chi connectivity index (χ0v) is 10.1. The zero-order chi connectivity index (χ0) is 11.1. The van der Waals surface area contributed by atoms with Crippen molar-refractivity contribution in [2.75, 3.05) is 0 Å². The van der Waals surface area contributed by atoms with Gasteiger partial charge in [0.05, 0.1) is 0 Å². The normalized spacial score (nSPS) is 26.3. The molecule has 0 saturated heterocycles. The first-order valence-electron chi connectivity index (χ1n) is 6.43. The Hall–Kier alpha value is -0.530. The van der Waals surface area contributed by atoms with E-state index in [1.54, 1.807) is 0 Å². The number of hydrogen-bond acceptors (Lipinski definition) is 2. The van der Waals surface area contributed by atoms with Crippen LogP contribution in [0, 0.1) is 5.92 Å². The number of rotatable bonds is 5. The van der Waals surface area contributed by atoms with Gasteiger partial charge in [0.2, 0.25) is 0 Å². The van der Waals surface area contributed by atoms with E-state index in [4.69, 9.17) is 4.74 Å². The molecule has 2 heteroatoms. The molecule has 0 spiro atoms. The molecule has 0 unspecified atom stereocenters. The lowest BCUT2D eigenvalue weighted by molar-refractivity contribution is -0.153. The van der Waals surface area contributed by atoms with Crippen LogP contribution in [0.5, 0.6) is 0 Å². The highest BCUT2D eigenvalue weighted by molar-refractivity contribution is 5.69. The number of carbonyl (C=O) groups excluding carboxylic acids is 1. The minimum atomic E-state index is 0.0159. The average Bonchev–Trinajstić information content (AvgIpc) is 2.22. The molecule has 0 aromatic rings. The van der Waals surface area contributed by atoms with E-state index in [0.717, 1.165) is 25.7 Å². The van der Waals surface area contributed by atoms with Gasteiger partial charge in [-0.15, -0.1) is 0 Å². The van der Waals surface area contributed by atoms with Gasteiger partial charge in [-0.05, 0) is 31.6 Å². The van der Waals surface area contributed by atoms with Gasteiger partial charge in [0, 0.05) is 6.42 Å². The van der Waals surface area contributed by atoms with E-state index in [0.29, 0.717) is 12.3 Å². The molecule has 0 heterocycles. The molecule has 2 nitrogen and oxygen atoms in total. The number of esters is 1. The van der Waals surface area contributed by atoms with Crippen molar-refractivity contribution in [2.45, 2.75) is 71.3 Å². The summed E-state index contributed by atoms with van der Waals surface area (Å²) in [6.07, 6.45) is 8.89. The molecule has 0 aromatic heterocycles. The lowest BCUT2D eigenvalue weighted by atomic mass is 9.88. The van der Waals surface area contributed by atoms with Crippen molar-refractivity contribution in [1.29, 1.82) is 0 Å². The number of carbonyl (C=O) groups is 1. The summed E-state index contributed by atoms with van der Waals surface area (Å²) in [6, 6.07) is 0. The highest BCUT2D eigenvalue weighted by Gasteiger charge is 2.24. The topological polar surface area (TPSA) is 26.3 Å². The SMILES string of the molecule is CCCCCC(=O)O[C@H]1CCCC[C@H]1C. The van der Waals surface area contributed by atoms with Gasteiger partial charge in [-0.3, -0.25) is 4.79 Å². The van der Waals surface area contributed by atoms with Gasteiger partial charge in [-0.25, -0.2) is 0 Å². The lowest BCUT2D eigenvalue weighted by Crippen LogP contribution is -2.28. The minimum absolute atomic E-state index is 0.0159. The Kier molecular flexibility index (Phi) is 5.74. The van der Waals surface area contributed by atoms with E-state index < -0.39 is 0 Å². The van der Waals surface area contributed by atoms with E-state index in [-0.39, 0.29) is 12.1 Å². The molecule has 1 fully saturated rings. The van der Waals surface area contributed by atoms with Crippen LogP contribution in [0.15, 0.2) is 0 Å². The van der Waals surface area contributed by atoms with E-state index in [1.165, 1.54) is 19.3 Å². The minimum Gasteiger partial charge on any atom is -0.462 e. The molecule has 0 aliphatic heterocycles. The average molecular weight is 212 g/mol. The molecule has 2 atom stereocenters. The van der Waals surface area contributed by atoms with Gasteiger partial charge in [-0.2, -0.15) is 0 Å². The van der Waals surface area contributed by atoms with Crippen LogP contribution in [0.3, 0.4) is 0 Å². The Morgan fingerprint density at radius 1 is 1.27 bits per heavy atom. The molecule has 1 aliphatic carbocycles. The molecule has 0 bridgehead atoms. The number of hydrogen-bond donors (Lipinski definition) is 0. The fourth-order valence-corrected chi connectivity index (χ4v) is 2.20. The first-order valence-corrected chi connectivity index (χ1v) is 6.43. The molecule has 1 saturated carbocycles. The third kappa shape index (κ3) is 4.67. The van der Waals surface area contributed by atoms with Crippen LogP contribution in [-0.4, -0.2) is 12.1 Å². The van der Waals surface area contributed by atoms with Crippen molar-refractivity contribution in [2.24, 2.45) is 5.92 Å². The Labute approximate surface area is 93.4 Å². The fourth-order valence-electron chi connectivity index (χ4n) is 2.20.